The molecule has 1 unspecified atom stereocenters. The Morgan fingerprint density at radius 3 is 2.33 bits per heavy atom. The number of rotatable bonds is 11. The van der Waals surface area contributed by atoms with Gasteiger partial charge in [-0.2, -0.15) is 0 Å². The molecule has 0 radical (unpaired) electrons. The average molecular weight is 560 g/mol. The number of nitrogens with one attached hydrogen (secondary N) is 1. The first-order chi connectivity index (χ1) is 19.3. The number of ether oxygens (including phenoxy) is 3. The van der Waals surface area contributed by atoms with Gasteiger partial charge in [0.15, 0.2) is 12.4 Å². The molecule has 2 heterocycles. The number of aryl methyl sites for hydroxylation is 1. The van der Waals surface area contributed by atoms with E-state index in [-0.39, 0.29) is 36.8 Å². The summed E-state index contributed by atoms with van der Waals surface area (Å²) in [4.78, 5) is 47.4. The Balaban J connectivity index is 1.08. The quantitative estimate of drug-likeness (QED) is 0.158. The summed E-state index contributed by atoms with van der Waals surface area (Å²) in [6, 6.07) is 20.7. The molecule has 1 N–H and O–H groups in total. The van der Waals surface area contributed by atoms with Gasteiger partial charge in [0.2, 0.25) is 5.91 Å². The second kappa shape index (κ2) is 12.1. The number of amides is 2. The summed E-state index contributed by atoms with van der Waals surface area (Å²) in [5.41, 5.74) is 2.22. The smallest absolute Gasteiger partial charge is 0.336 e. The van der Waals surface area contributed by atoms with Crippen LogP contribution in [-0.2, 0) is 11.2 Å². The van der Waals surface area contributed by atoms with Crippen LogP contribution in [0.5, 0.6) is 17.2 Å². The van der Waals surface area contributed by atoms with Crippen LogP contribution in [0.15, 0.2) is 82.0 Å². The van der Waals surface area contributed by atoms with Gasteiger partial charge in [0.05, 0.1) is 5.25 Å². The van der Waals surface area contributed by atoms with Crippen LogP contribution in [0.1, 0.15) is 21.5 Å². The number of Topliss-reactive ketones (excluding diaryl/α,β-unsaturated/α-hetero) is 1. The van der Waals surface area contributed by atoms with E-state index < -0.39 is 10.9 Å². The number of benzene rings is 3. The van der Waals surface area contributed by atoms with Crippen LogP contribution >= 0.6 is 11.8 Å². The van der Waals surface area contributed by atoms with Gasteiger partial charge < -0.3 is 18.6 Å². The van der Waals surface area contributed by atoms with Gasteiger partial charge in [0.25, 0.3) is 5.24 Å². The maximum atomic E-state index is 12.7. The molecule has 5 rings (SSSR count). The Kier molecular flexibility index (Phi) is 8.16. The molecule has 4 aromatic rings. The predicted octanol–water partition coefficient (Wildman–Crippen LogP) is 4.72. The molecule has 0 aliphatic carbocycles. The van der Waals surface area contributed by atoms with Gasteiger partial charge in [0, 0.05) is 23.1 Å². The number of fused-ring (bicyclic) bond motifs is 1. The van der Waals surface area contributed by atoms with Crippen LogP contribution in [0.25, 0.3) is 11.0 Å². The van der Waals surface area contributed by atoms with Crippen LogP contribution in [0.4, 0.5) is 4.79 Å². The zero-order valence-corrected chi connectivity index (χ0v) is 22.3. The van der Waals surface area contributed by atoms with Crippen molar-refractivity contribution in [3.8, 4) is 17.2 Å². The molecule has 1 aliphatic heterocycles. The predicted molar refractivity (Wildman–Crippen MR) is 150 cm³/mol. The number of thioether (sulfide) groups is 1. The van der Waals surface area contributed by atoms with E-state index >= 15 is 0 Å². The monoisotopic (exact) mass is 559 g/mol. The zero-order chi connectivity index (χ0) is 28.1. The minimum atomic E-state index is -0.436. The maximum Gasteiger partial charge on any atom is 0.336 e. The van der Waals surface area contributed by atoms with Crippen molar-refractivity contribution < 1.29 is 33.0 Å². The van der Waals surface area contributed by atoms with E-state index in [1.807, 2.05) is 25.1 Å². The van der Waals surface area contributed by atoms with Gasteiger partial charge in [0.1, 0.15) is 36.0 Å². The summed E-state index contributed by atoms with van der Waals surface area (Å²) in [5.74, 6) is 1.10. The minimum absolute atomic E-state index is 0.154. The Morgan fingerprint density at radius 1 is 0.875 bits per heavy atom. The first-order valence-corrected chi connectivity index (χ1v) is 13.4. The van der Waals surface area contributed by atoms with Crippen molar-refractivity contribution >= 4 is 39.7 Å². The number of carbonyl (C=O) groups is 3. The van der Waals surface area contributed by atoms with E-state index in [0.29, 0.717) is 34.8 Å². The third kappa shape index (κ3) is 6.70. The van der Waals surface area contributed by atoms with Crippen molar-refractivity contribution in [3.63, 3.8) is 0 Å². The normalized spacial score (nSPS) is 14.7. The Hall–Kier alpha value is -4.57. The highest BCUT2D eigenvalue weighted by molar-refractivity contribution is 8.15. The summed E-state index contributed by atoms with van der Waals surface area (Å²) in [6.45, 7) is 2.19. The van der Waals surface area contributed by atoms with Crippen LogP contribution < -0.4 is 25.2 Å². The molecule has 204 valence electrons. The molecule has 1 atom stereocenters. The van der Waals surface area contributed by atoms with Gasteiger partial charge in [-0.3, -0.25) is 19.7 Å². The third-order valence-electron chi connectivity index (χ3n) is 6.18. The first-order valence-electron chi connectivity index (χ1n) is 12.5. The van der Waals surface area contributed by atoms with E-state index in [1.165, 1.54) is 6.07 Å². The largest absolute Gasteiger partial charge is 0.490 e. The van der Waals surface area contributed by atoms with Crippen LogP contribution in [0, 0.1) is 6.92 Å². The fraction of sp³-hybridized carbons (Fsp3) is 0.200. The average Bonchev–Trinajstić information content (AvgIpc) is 3.26. The summed E-state index contributed by atoms with van der Waals surface area (Å²) < 4.78 is 22.4. The Labute approximate surface area is 233 Å². The molecule has 1 aromatic heterocycles. The number of carbonyl (C=O) groups excluding carboxylic acids is 3. The van der Waals surface area contributed by atoms with Crippen molar-refractivity contribution in [2.45, 2.75) is 18.6 Å². The lowest BCUT2D eigenvalue weighted by Crippen LogP contribution is -2.25. The molecule has 2 amide bonds. The standard InChI is InChI=1S/C30H25NO8S/c1-18-13-28(33)39-26-16-23(9-10-24(18)26)37-12-11-36-22-4-2-3-20(15-22)25(32)17-38-21-7-5-19(6-8-21)14-27-29(34)31-30(35)40-27/h2-10,13,15-16,27H,11-12,14,17H2,1H3,(H,31,34,35). The van der Waals surface area contributed by atoms with Crippen LogP contribution in [0.2, 0.25) is 0 Å². The van der Waals surface area contributed by atoms with Gasteiger partial charge in [-0.1, -0.05) is 36.0 Å². The summed E-state index contributed by atoms with van der Waals surface area (Å²) in [5, 5.41) is 2.36. The van der Waals surface area contributed by atoms with E-state index in [1.54, 1.807) is 48.5 Å². The molecular weight excluding hydrogens is 534 g/mol. The summed E-state index contributed by atoms with van der Waals surface area (Å²) >= 11 is 0.986. The molecule has 1 fully saturated rings. The fourth-order valence-electron chi connectivity index (χ4n) is 4.17. The Morgan fingerprint density at radius 2 is 1.60 bits per heavy atom. The van der Waals surface area contributed by atoms with Crippen molar-refractivity contribution in [3.05, 3.63) is 99.9 Å². The molecule has 40 heavy (non-hydrogen) atoms. The van der Waals surface area contributed by atoms with Crippen molar-refractivity contribution in [2.24, 2.45) is 0 Å². The van der Waals surface area contributed by atoms with Crippen molar-refractivity contribution in [1.82, 2.24) is 5.32 Å². The van der Waals surface area contributed by atoms with Crippen molar-refractivity contribution in [2.75, 3.05) is 19.8 Å². The van der Waals surface area contributed by atoms with Gasteiger partial charge in [-0.15, -0.1) is 0 Å². The van der Waals surface area contributed by atoms with E-state index in [4.69, 9.17) is 18.6 Å². The molecule has 0 saturated carbocycles. The second-order valence-electron chi connectivity index (χ2n) is 9.07. The molecule has 0 spiro atoms. The molecule has 10 heteroatoms. The van der Waals surface area contributed by atoms with Gasteiger partial charge in [-0.25, -0.2) is 4.79 Å². The lowest BCUT2D eigenvalue weighted by molar-refractivity contribution is -0.118. The number of imide groups is 1. The van der Waals surface area contributed by atoms with Gasteiger partial charge >= 0.3 is 5.63 Å². The number of ketones is 1. The van der Waals surface area contributed by atoms with Gasteiger partial charge in [-0.05, 0) is 60.9 Å². The lowest BCUT2D eigenvalue weighted by atomic mass is 10.1. The molecule has 1 aliphatic rings. The SMILES string of the molecule is Cc1cc(=O)oc2cc(OCCOc3cccc(C(=O)COc4ccc(CC5SC(=O)NC5=O)cc4)c3)ccc12. The molecule has 0 bridgehead atoms. The highest BCUT2D eigenvalue weighted by Gasteiger charge is 2.31. The topological polar surface area (TPSA) is 121 Å². The second-order valence-corrected chi connectivity index (χ2v) is 10.2. The van der Waals surface area contributed by atoms with E-state index in [0.717, 1.165) is 28.3 Å². The number of hydrogen-bond donors (Lipinski definition) is 1. The highest BCUT2D eigenvalue weighted by atomic mass is 32.2. The Bertz CT molecular complexity index is 1630. The fourth-order valence-corrected chi connectivity index (χ4v) is 5.03. The highest BCUT2D eigenvalue weighted by Crippen LogP contribution is 2.25. The zero-order valence-electron chi connectivity index (χ0n) is 21.5. The molecular formula is C30H25NO8S. The first kappa shape index (κ1) is 27.0. The van der Waals surface area contributed by atoms with E-state index in [2.05, 4.69) is 5.32 Å². The summed E-state index contributed by atoms with van der Waals surface area (Å²) in [7, 11) is 0. The number of hydrogen-bond acceptors (Lipinski definition) is 9. The molecule has 9 nitrogen and oxygen atoms in total. The minimum Gasteiger partial charge on any atom is -0.490 e. The van der Waals surface area contributed by atoms with Crippen molar-refractivity contribution in [1.29, 1.82) is 0 Å². The van der Waals surface area contributed by atoms with Crippen LogP contribution in [0.3, 0.4) is 0 Å². The molecule has 1 saturated heterocycles. The third-order valence-corrected chi connectivity index (χ3v) is 7.16. The lowest BCUT2D eigenvalue weighted by Gasteiger charge is -2.11. The maximum absolute atomic E-state index is 12.7. The van der Waals surface area contributed by atoms with Crippen LogP contribution in [-0.4, -0.2) is 42.0 Å². The van der Waals surface area contributed by atoms with E-state index in [9.17, 15) is 19.2 Å². The summed E-state index contributed by atoms with van der Waals surface area (Å²) in [6.07, 6.45) is 0.430. The molecule has 3 aromatic carbocycles.